The standard InChI is InChI=1S/C11H16N2O2/c1-8-4-3-5-9(11(8)15-2)6-13-7-10(12)14/h3-5,13H,6-7H2,1-2H3,(H2,12,14). The van der Waals surface area contributed by atoms with E-state index >= 15 is 0 Å². The summed E-state index contributed by atoms with van der Waals surface area (Å²) in [7, 11) is 1.64. The predicted molar refractivity (Wildman–Crippen MR) is 58.6 cm³/mol. The Morgan fingerprint density at radius 3 is 2.87 bits per heavy atom. The van der Waals surface area contributed by atoms with Gasteiger partial charge in [0.05, 0.1) is 13.7 Å². The van der Waals surface area contributed by atoms with Gasteiger partial charge in [0.2, 0.25) is 5.91 Å². The molecule has 1 rings (SSSR count). The van der Waals surface area contributed by atoms with Gasteiger partial charge in [0, 0.05) is 12.1 Å². The predicted octanol–water partition coefficient (Wildman–Crippen LogP) is 0.579. The molecule has 0 aliphatic carbocycles. The monoisotopic (exact) mass is 208 g/mol. The van der Waals surface area contributed by atoms with E-state index in [0.717, 1.165) is 16.9 Å². The number of carbonyl (C=O) groups is 1. The van der Waals surface area contributed by atoms with Gasteiger partial charge in [-0.15, -0.1) is 0 Å². The fraction of sp³-hybridized carbons (Fsp3) is 0.364. The number of benzene rings is 1. The normalized spacial score (nSPS) is 10.0. The van der Waals surface area contributed by atoms with E-state index in [1.807, 2.05) is 25.1 Å². The highest BCUT2D eigenvalue weighted by Crippen LogP contribution is 2.22. The Morgan fingerprint density at radius 1 is 1.53 bits per heavy atom. The number of rotatable bonds is 5. The largest absolute Gasteiger partial charge is 0.496 e. The molecule has 4 nitrogen and oxygen atoms in total. The first-order valence-corrected chi connectivity index (χ1v) is 4.76. The van der Waals surface area contributed by atoms with E-state index in [1.54, 1.807) is 7.11 Å². The molecule has 0 spiro atoms. The summed E-state index contributed by atoms with van der Waals surface area (Å²) in [5.41, 5.74) is 7.13. The van der Waals surface area contributed by atoms with Crippen molar-refractivity contribution in [2.24, 2.45) is 5.73 Å². The molecule has 0 aliphatic heterocycles. The molecule has 1 aromatic carbocycles. The number of methoxy groups -OCH3 is 1. The molecule has 0 atom stereocenters. The number of hydrogen-bond acceptors (Lipinski definition) is 3. The average Bonchev–Trinajstić information content (AvgIpc) is 2.17. The van der Waals surface area contributed by atoms with Crippen molar-refractivity contribution in [2.75, 3.05) is 13.7 Å². The van der Waals surface area contributed by atoms with Crippen molar-refractivity contribution in [3.63, 3.8) is 0 Å². The molecule has 0 radical (unpaired) electrons. The van der Waals surface area contributed by atoms with Crippen LogP contribution in [0.1, 0.15) is 11.1 Å². The molecule has 0 saturated carbocycles. The summed E-state index contributed by atoms with van der Waals surface area (Å²) in [6.45, 7) is 2.74. The lowest BCUT2D eigenvalue weighted by atomic mass is 10.1. The summed E-state index contributed by atoms with van der Waals surface area (Å²) in [4.78, 5) is 10.5. The van der Waals surface area contributed by atoms with Crippen LogP contribution in [0, 0.1) is 6.92 Å². The summed E-state index contributed by atoms with van der Waals surface area (Å²) in [6, 6.07) is 5.90. The van der Waals surface area contributed by atoms with E-state index in [-0.39, 0.29) is 12.5 Å². The van der Waals surface area contributed by atoms with Crippen molar-refractivity contribution < 1.29 is 9.53 Å². The Kier molecular flexibility index (Phi) is 4.12. The van der Waals surface area contributed by atoms with Gasteiger partial charge in [-0.1, -0.05) is 18.2 Å². The first kappa shape index (κ1) is 11.5. The minimum absolute atomic E-state index is 0.178. The topological polar surface area (TPSA) is 64.3 Å². The third-order valence-electron chi connectivity index (χ3n) is 2.11. The number of aryl methyl sites for hydroxylation is 1. The van der Waals surface area contributed by atoms with E-state index in [2.05, 4.69) is 5.32 Å². The van der Waals surface area contributed by atoms with E-state index < -0.39 is 0 Å². The Balaban J connectivity index is 2.67. The van der Waals surface area contributed by atoms with Crippen LogP contribution in [0.3, 0.4) is 0 Å². The van der Waals surface area contributed by atoms with E-state index in [9.17, 15) is 4.79 Å². The lowest BCUT2D eigenvalue weighted by Gasteiger charge is -2.11. The fourth-order valence-electron chi connectivity index (χ4n) is 1.46. The molecule has 1 amide bonds. The molecule has 3 N–H and O–H groups in total. The molecular formula is C11H16N2O2. The molecule has 0 heterocycles. The second-order valence-electron chi connectivity index (χ2n) is 3.34. The van der Waals surface area contributed by atoms with E-state index in [1.165, 1.54) is 0 Å². The Hall–Kier alpha value is -1.55. The molecule has 0 fully saturated rings. The second kappa shape index (κ2) is 5.36. The number of nitrogens with two attached hydrogens (primary N) is 1. The van der Waals surface area contributed by atoms with Crippen molar-refractivity contribution in [3.05, 3.63) is 29.3 Å². The van der Waals surface area contributed by atoms with Gasteiger partial charge < -0.3 is 15.8 Å². The molecule has 0 unspecified atom stereocenters. The minimum atomic E-state index is -0.360. The van der Waals surface area contributed by atoms with Gasteiger partial charge in [0.15, 0.2) is 0 Å². The maximum absolute atomic E-state index is 10.5. The van der Waals surface area contributed by atoms with Gasteiger partial charge in [0.25, 0.3) is 0 Å². The molecule has 4 heteroatoms. The van der Waals surface area contributed by atoms with Gasteiger partial charge >= 0.3 is 0 Å². The van der Waals surface area contributed by atoms with Crippen molar-refractivity contribution in [2.45, 2.75) is 13.5 Å². The lowest BCUT2D eigenvalue weighted by Crippen LogP contribution is -2.28. The van der Waals surface area contributed by atoms with Crippen molar-refractivity contribution in [3.8, 4) is 5.75 Å². The van der Waals surface area contributed by atoms with Crippen molar-refractivity contribution >= 4 is 5.91 Å². The molecule has 0 aromatic heterocycles. The number of carbonyl (C=O) groups excluding carboxylic acids is 1. The Bertz CT molecular complexity index is 350. The number of ether oxygens (including phenoxy) is 1. The smallest absolute Gasteiger partial charge is 0.231 e. The molecule has 15 heavy (non-hydrogen) atoms. The summed E-state index contributed by atoms with van der Waals surface area (Å²) < 4.78 is 5.28. The molecular weight excluding hydrogens is 192 g/mol. The third-order valence-corrected chi connectivity index (χ3v) is 2.11. The zero-order valence-electron chi connectivity index (χ0n) is 9.04. The Morgan fingerprint density at radius 2 is 2.27 bits per heavy atom. The van der Waals surface area contributed by atoms with Gasteiger partial charge in [-0.05, 0) is 12.5 Å². The number of amides is 1. The first-order chi connectivity index (χ1) is 7.15. The van der Waals surface area contributed by atoms with E-state index in [0.29, 0.717) is 6.54 Å². The highest BCUT2D eigenvalue weighted by molar-refractivity contribution is 5.75. The van der Waals surface area contributed by atoms with Gasteiger partial charge in [-0.2, -0.15) is 0 Å². The number of para-hydroxylation sites is 1. The first-order valence-electron chi connectivity index (χ1n) is 4.76. The van der Waals surface area contributed by atoms with Crippen LogP contribution in [-0.4, -0.2) is 19.6 Å². The highest BCUT2D eigenvalue weighted by atomic mass is 16.5. The van der Waals surface area contributed by atoms with Crippen molar-refractivity contribution in [1.82, 2.24) is 5.32 Å². The minimum Gasteiger partial charge on any atom is -0.496 e. The van der Waals surface area contributed by atoms with Gasteiger partial charge in [-0.3, -0.25) is 4.79 Å². The maximum atomic E-state index is 10.5. The number of nitrogens with one attached hydrogen (secondary N) is 1. The van der Waals surface area contributed by atoms with E-state index in [4.69, 9.17) is 10.5 Å². The van der Waals surface area contributed by atoms with Crippen LogP contribution in [0.2, 0.25) is 0 Å². The maximum Gasteiger partial charge on any atom is 0.231 e. The Labute approximate surface area is 89.4 Å². The van der Waals surface area contributed by atoms with Crippen LogP contribution in [0.15, 0.2) is 18.2 Å². The summed E-state index contributed by atoms with van der Waals surface area (Å²) >= 11 is 0. The summed E-state index contributed by atoms with van der Waals surface area (Å²) in [5.74, 6) is 0.496. The highest BCUT2D eigenvalue weighted by Gasteiger charge is 2.05. The van der Waals surface area contributed by atoms with Crippen LogP contribution in [-0.2, 0) is 11.3 Å². The van der Waals surface area contributed by atoms with Crippen LogP contribution >= 0.6 is 0 Å². The molecule has 82 valence electrons. The SMILES string of the molecule is COc1c(C)cccc1CNCC(N)=O. The molecule has 0 saturated heterocycles. The lowest BCUT2D eigenvalue weighted by molar-refractivity contribution is -0.117. The zero-order valence-corrected chi connectivity index (χ0v) is 9.04. The molecule has 0 aliphatic rings. The van der Waals surface area contributed by atoms with Crippen molar-refractivity contribution in [1.29, 1.82) is 0 Å². The fourth-order valence-corrected chi connectivity index (χ4v) is 1.46. The molecule has 1 aromatic rings. The number of hydrogen-bond donors (Lipinski definition) is 2. The molecule has 0 bridgehead atoms. The van der Waals surface area contributed by atoms with Crippen LogP contribution in [0.25, 0.3) is 0 Å². The van der Waals surface area contributed by atoms with Gasteiger partial charge in [0.1, 0.15) is 5.75 Å². The van der Waals surface area contributed by atoms with Gasteiger partial charge in [-0.25, -0.2) is 0 Å². The summed E-state index contributed by atoms with van der Waals surface area (Å²) in [6.07, 6.45) is 0. The number of primary amides is 1. The summed E-state index contributed by atoms with van der Waals surface area (Å²) in [5, 5.41) is 2.95. The van der Waals surface area contributed by atoms with Crippen LogP contribution < -0.4 is 15.8 Å². The zero-order chi connectivity index (χ0) is 11.3. The quantitative estimate of drug-likeness (QED) is 0.744. The average molecular weight is 208 g/mol. The van der Waals surface area contributed by atoms with Crippen LogP contribution in [0.5, 0.6) is 5.75 Å². The van der Waals surface area contributed by atoms with Crippen LogP contribution in [0.4, 0.5) is 0 Å². The second-order valence-corrected chi connectivity index (χ2v) is 3.34. The third kappa shape index (κ3) is 3.25.